The molecule has 0 bridgehead atoms. The predicted octanol–water partition coefficient (Wildman–Crippen LogP) is -1.23. The molecular formula is C3H8O7S3. The molecule has 10 heteroatoms. The standard InChI is InChI=1S/C3H8O7S3/c4-3(2-12(5,6)7)1-11-13(8,9)10/h3-4H,1-2H2,(H,5,6,7)(H,8,9,10). The van der Waals surface area contributed by atoms with E-state index in [1.165, 1.54) is 0 Å². The fraction of sp³-hybridized carbons (Fsp3) is 1.00. The summed E-state index contributed by atoms with van der Waals surface area (Å²) in [5.74, 6) is -1.49. The van der Waals surface area contributed by atoms with Crippen molar-refractivity contribution in [3.8, 4) is 0 Å². The first kappa shape index (κ1) is 13.1. The second-order valence-electron chi connectivity index (χ2n) is 2.11. The topological polar surface area (TPSA) is 129 Å². The Kier molecular flexibility index (Phi) is 4.62. The van der Waals surface area contributed by atoms with Gasteiger partial charge in [-0.05, 0) is 10.8 Å². The SMILES string of the molecule is O=S(=O)(O)CC(O)CSS(=O)(=O)O. The Hall–Kier alpha value is 0.130. The Morgan fingerprint density at radius 1 is 1.15 bits per heavy atom. The Labute approximate surface area is 79.0 Å². The van der Waals surface area contributed by atoms with E-state index in [1.54, 1.807) is 0 Å². The maximum Gasteiger partial charge on any atom is 0.319 e. The first-order chi connectivity index (χ1) is 5.60. The molecule has 7 nitrogen and oxygen atoms in total. The van der Waals surface area contributed by atoms with E-state index < -0.39 is 36.9 Å². The van der Waals surface area contributed by atoms with Crippen molar-refractivity contribution in [1.82, 2.24) is 0 Å². The zero-order valence-corrected chi connectivity index (χ0v) is 8.64. The highest BCUT2D eigenvalue weighted by Crippen LogP contribution is 2.11. The summed E-state index contributed by atoms with van der Waals surface area (Å²) in [5.41, 5.74) is 0. The van der Waals surface area contributed by atoms with Gasteiger partial charge in [0.15, 0.2) is 0 Å². The quantitative estimate of drug-likeness (QED) is 0.410. The van der Waals surface area contributed by atoms with Crippen LogP contribution in [0.2, 0.25) is 0 Å². The molecule has 0 spiro atoms. The Morgan fingerprint density at radius 2 is 1.62 bits per heavy atom. The highest BCUT2D eigenvalue weighted by molar-refractivity contribution is 8.69. The van der Waals surface area contributed by atoms with E-state index in [2.05, 4.69) is 0 Å². The predicted molar refractivity (Wildman–Crippen MR) is 46.4 cm³/mol. The summed E-state index contributed by atoms with van der Waals surface area (Å²) in [6, 6.07) is 0. The van der Waals surface area contributed by atoms with Crippen molar-refractivity contribution in [1.29, 1.82) is 0 Å². The van der Waals surface area contributed by atoms with Crippen LogP contribution < -0.4 is 0 Å². The molecule has 0 saturated heterocycles. The smallest absolute Gasteiger partial charge is 0.319 e. The summed E-state index contributed by atoms with van der Waals surface area (Å²) < 4.78 is 56.9. The van der Waals surface area contributed by atoms with E-state index >= 15 is 0 Å². The number of hydrogen-bond acceptors (Lipinski definition) is 6. The minimum Gasteiger partial charge on any atom is -0.391 e. The summed E-state index contributed by atoms with van der Waals surface area (Å²) in [6.07, 6.45) is -1.54. The van der Waals surface area contributed by atoms with Crippen LogP contribution in [0, 0.1) is 0 Å². The molecule has 1 unspecified atom stereocenters. The summed E-state index contributed by atoms with van der Waals surface area (Å²) in [7, 11) is -8.64. The molecule has 0 aromatic heterocycles. The second-order valence-corrected chi connectivity index (χ2v) is 7.01. The van der Waals surface area contributed by atoms with Crippen LogP contribution in [-0.2, 0) is 19.3 Å². The van der Waals surface area contributed by atoms with Gasteiger partial charge in [0.2, 0.25) is 0 Å². The van der Waals surface area contributed by atoms with Gasteiger partial charge in [-0.15, -0.1) is 0 Å². The monoisotopic (exact) mass is 252 g/mol. The molecule has 0 aliphatic rings. The van der Waals surface area contributed by atoms with Crippen LogP contribution in [0.25, 0.3) is 0 Å². The van der Waals surface area contributed by atoms with Gasteiger partial charge in [-0.25, -0.2) is 0 Å². The number of hydrogen-bond donors (Lipinski definition) is 3. The lowest BCUT2D eigenvalue weighted by molar-refractivity contribution is 0.220. The lowest BCUT2D eigenvalue weighted by atomic mass is 10.5. The van der Waals surface area contributed by atoms with Crippen molar-refractivity contribution in [3.05, 3.63) is 0 Å². The van der Waals surface area contributed by atoms with Gasteiger partial charge in [0.25, 0.3) is 10.1 Å². The minimum atomic E-state index is -4.33. The van der Waals surface area contributed by atoms with Crippen LogP contribution in [0.15, 0.2) is 0 Å². The van der Waals surface area contributed by atoms with Crippen molar-refractivity contribution in [3.63, 3.8) is 0 Å². The highest BCUT2D eigenvalue weighted by atomic mass is 33.1. The minimum absolute atomic E-state index is 0.0154. The van der Waals surface area contributed by atoms with Gasteiger partial charge in [0.1, 0.15) is 5.75 Å². The molecule has 0 saturated carbocycles. The lowest BCUT2D eigenvalue weighted by Crippen LogP contribution is -2.23. The molecule has 0 heterocycles. The summed E-state index contributed by atoms with van der Waals surface area (Å²) in [5, 5.41) is 8.81. The Balaban J connectivity index is 3.98. The molecule has 0 aliphatic carbocycles. The summed E-state index contributed by atoms with van der Waals surface area (Å²) >= 11 is 0. The van der Waals surface area contributed by atoms with Gasteiger partial charge in [0.05, 0.1) is 6.10 Å². The van der Waals surface area contributed by atoms with E-state index in [0.717, 1.165) is 0 Å². The number of aliphatic hydroxyl groups is 1. The third-order valence-corrected chi connectivity index (χ3v) is 3.74. The third-order valence-electron chi connectivity index (χ3n) is 0.812. The fourth-order valence-electron chi connectivity index (χ4n) is 0.456. The molecule has 0 fully saturated rings. The van der Waals surface area contributed by atoms with Crippen molar-refractivity contribution < 1.29 is 31.0 Å². The van der Waals surface area contributed by atoms with Gasteiger partial charge >= 0.3 is 9.15 Å². The zero-order chi connectivity index (χ0) is 10.7. The second kappa shape index (κ2) is 4.57. The molecule has 13 heavy (non-hydrogen) atoms. The van der Waals surface area contributed by atoms with Crippen LogP contribution in [-0.4, -0.2) is 48.7 Å². The van der Waals surface area contributed by atoms with E-state index in [-0.39, 0.29) is 10.8 Å². The lowest BCUT2D eigenvalue weighted by Gasteiger charge is -2.05. The average Bonchev–Trinajstić information content (AvgIpc) is 1.78. The maximum atomic E-state index is 10.1. The van der Waals surface area contributed by atoms with E-state index in [9.17, 15) is 16.8 Å². The van der Waals surface area contributed by atoms with Crippen LogP contribution >= 0.6 is 10.8 Å². The molecule has 1 atom stereocenters. The average molecular weight is 252 g/mol. The van der Waals surface area contributed by atoms with E-state index in [1.807, 2.05) is 0 Å². The first-order valence-corrected chi connectivity index (χ1v) is 7.40. The maximum absolute atomic E-state index is 10.1. The fourth-order valence-corrected chi connectivity index (χ4v) is 2.64. The molecule has 0 aromatic rings. The summed E-state index contributed by atoms with van der Waals surface area (Å²) in [4.78, 5) is 0. The Morgan fingerprint density at radius 3 is 1.92 bits per heavy atom. The largest absolute Gasteiger partial charge is 0.391 e. The van der Waals surface area contributed by atoms with Gasteiger partial charge in [-0.3, -0.25) is 9.11 Å². The molecule has 3 N–H and O–H groups in total. The molecule has 0 aromatic carbocycles. The van der Waals surface area contributed by atoms with Crippen molar-refractivity contribution >= 4 is 30.1 Å². The zero-order valence-electron chi connectivity index (χ0n) is 6.19. The summed E-state index contributed by atoms with van der Waals surface area (Å²) in [6.45, 7) is 0. The molecule has 80 valence electrons. The van der Waals surface area contributed by atoms with Gasteiger partial charge in [-0.1, -0.05) is 0 Å². The van der Waals surface area contributed by atoms with Crippen molar-refractivity contribution in [2.24, 2.45) is 0 Å². The Bertz CT molecular complexity index is 339. The van der Waals surface area contributed by atoms with Crippen LogP contribution in [0.1, 0.15) is 0 Å². The number of aliphatic hydroxyl groups excluding tert-OH is 1. The molecular weight excluding hydrogens is 244 g/mol. The van der Waals surface area contributed by atoms with Gasteiger partial charge in [0, 0.05) is 5.75 Å². The van der Waals surface area contributed by atoms with Crippen LogP contribution in [0.3, 0.4) is 0 Å². The molecule has 0 rings (SSSR count). The third kappa shape index (κ3) is 10.0. The van der Waals surface area contributed by atoms with Gasteiger partial charge < -0.3 is 5.11 Å². The highest BCUT2D eigenvalue weighted by Gasteiger charge is 2.17. The van der Waals surface area contributed by atoms with E-state index in [0.29, 0.717) is 0 Å². The van der Waals surface area contributed by atoms with Crippen molar-refractivity contribution in [2.75, 3.05) is 11.5 Å². The number of rotatable bonds is 5. The first-order valence-electron chi connectivity index (χ1n) is 2.85. The van der Waals surface area contributed by atoms with Gasteiger partial charge in [-0.2, -0.15) is 16.8 Å². The van der Waals surface area contributed by atoms with Crippen molar-refractivity contribution in [2.45, 2.75) is 6.10 Å². The van der Waals surface area contributed by atoms with Crippen LogP contribution in [0.4, 0.5) is 0 Å². The van der Waals surface area contributed by atoms with Crippen LogP contribution in [0.5, 0.6) is 0 Å². The normalized spacial score (nSPS) is 15.6. The van der Waals surface area contributed by atoms with E-state index in [4.69, 9.17) is 14.2 Å². The molecule has 0 radical (unpaired) electrons. The molecule has 0 amide bonds. The molecule has 0 aliphatic heterocycles.